The lowest BCUT2D eigenvalue weighted by Crippen LogP contribution is -2.51. The molecule has 1 N–H and O–H groups in total. The van der Waals surface area contributed by atoms with Crippen LogP contribution in [-0.2, 0) is 87.6 Å². The Hall–Kier alpha value is -13.0. The molecule has 0 fully saturated rings. The van der Waals surface area contributed by atoms with E-state index in [9.17, 15) is 0 Å². The van der Waals surface area contributed by atoms with E-state index in [-0.39, 0.29) is 107 Å². The van der Waals surface area contributed by atoms with E-state index in [1.807, 2.05) is 358 Å². The summed E-state index contributed by atoms with van der Waals surface area (Å²) in [5.41, 5.74) is 9.03. The van der Waals surface area contributed by atoms with Crippen LogP contribution < -0.4 is 47.4 Å². The van der Waals surface area contributed by atoms with E-state index < -0.39 is 30.0 Å². The van der Waals surface area contributed by atoms with Gasteiger partial charge in [0.15, 0.2) is 40.8 Å². The fraction of sp³-hybridized carbons (Fsp3) is 0.160. The minimum Gasteiger partial charge on any atom is -0.489 e. The van der Waals surface area contributed by atoms with Crippen molar-refractivity contribution in [2.45, 2.75) is 103 Å². The van der Waals surface area contributed by atoms with Crippen LogP contribution in [0.3, 0.4) is 0 Å². The molecule has 14 aromatic rings. The van der Waals surface area contributed by atoms with Crippen molar-refractivity contribution in [3.05, 3.63) is 441 Å². The van der Waals surface area contributed by atoms with Gasteiger partial charge >= 0.3 is 0 Å². The molecule has 2 aliphatic rings. The molecular formula is C100H86O13. The molecule has 5 atom stereocenters. The van der Waals surface area contributed by atoms with Gasteiger partial charge in [0.2, 0.25) is 0 Å². The highest BCUT2D eigenvalue weighted by Gasteiger charge is 2.58. The first kappa shape index (κ1) is 74.1. The molecule has 0 saturated heterocycles. The smallest absolute Gasteiger partial charge is 0.162 e. The maximum absolute atomic E-state index is 16.3. The standard InChI is InChI=1S/C100H86O13/c101-100(94-90(108-67-77-43-23-7-24-44-77)57-83(102-61-71-31-11-1-12-32-71)58-92(94)112-97(99(100)111-70-80-49-29-10-30-50-80)82-52-54-86(104-63-73-35-15-3-16-36-73)89(56-82)107-66-76-41-21-6-22-42-76)95-91(109-68-78-45-25-8-26-46-78)60-87(105-64-74-37-17-4-18-38-74)84-59-93(110-69-79-47-27-9-28-48-79)96(113-98(84)95)81-51-53-85(103-62-72-33-13-2-14-34-72)88(55-81)106-65-75-39-19-5-20-40-75/h1-58,60,93,96-97,99,101H,59,61-70H2/t93-,96-,97-,99+,100?/m1/s1. The van der Waals surface area contributed by atoms with Gasteiger partial charge in [-0.2, -0.15) is 0 Å². The van der Waals surface area contributed by atoms with Gasteiger partial charge in [-0.05, 0) is 91.0 Å². The van der Waals surface area contributed by atoms with E-state index >= 15 is 5.11 Å². The van der Waals surface area contributed by atoms with E-state index in [0.29, 0.717) is 51.2 Å². The largest absolute Gasteiger partial charge is 0.489 e. The van der Waals surface area contributed by atoms with Gasteiger partial charge in [-0.15, -0.1) is 0 Å². The Kier molecular flexibility index (Phi) is 23.7. The second kappa shape index (κ2) is 36.2. The first-order chi connectivity index (χ1) is 55.9. The Labute approximate surface area is 659 Å². The SMILES string of the molecule is OC1(c2c(OCc3ccccc3)cc(OCc3ccccc3)c3c2O[C@H](c2ccc(OCc4ccccc4)c(OCc4ccccc4)c2)[C@H](OCc2ccccc2)C3)c2c(OCc3ccccc3)cc(OCc3ccccc3)cc2O[C@H](c2ccc(OCc3ccccc3)c(OCc3ccccc3)c2)[C@@H]1OCc1ccccc1. The third-order valence-electron chi connectivity index (χ3n) is 20.1. The molecule has 2 aliphatic heterocycles. The van der Waals surface area contributed by atoms with Crippen molar-refractivity contribution in [2.75, 3.05) is 0 Å². The van der Waals surface area contributed by atoms with Crippen molar-refractivity contribution in [1.29, 1.82) is 0 Å². The maximum atomic E-state index is 16.3. The molecule has 13 nitrogen and oxygen atoms in total. The molecule has 1 unspecified atom stereocenters. The molecule has 0 amide bonds. The summed E-state index contributed by atoms with van der Waals surface area (Å²) in [6, 6.07) is 117. The first-order valence-electron chi connectivity index (χ1n) is 38.2. The summed E-state index contributed by atoms with van der Waals surface area (Å²) in [6.45, 7) is 1.64. The number of aliphatic hydroxyl groups is 1. The molecule has 113 heavy (non-hydrogen) atoms. The minimum atomic E-state index is -2.44. The van der Waals surface area contributed by atoms with Crippen molar-refractivity contribution >= 4 is 0 Å². The Morgan fingerprint density at radius 2 is 0.575 bits per heavy atom. The van der Waals surface area contributed by atoms with Crippen LogP contribution in [0.1, 0.15) is 95.7 Å². The third kappa shape index (κ3) is 18.4. The summed E-state index contributed by atoms with van der Waals surface area (Å²) in [5.74, 6) is 3.67. The minimum absolute atomic E-state index is 0.0128. The van der Waals surface area contributed by atoms with Gasteiger partial charge in [-0.3, -0.25) is 0 Å². The van der Waals surface area contributed by atoms with E-state index in [2.05, 4.69) is 0 Å². The van der Waals surface area contributed by atoms with Gasteiger partial charge in [0, 0.05) is 30.2 Å². The van der Waals surface area contributed by atoms with Gasteiger partial charge in [0.25, 0.3) is 0 Å². The van der Waals surface area contributed by atoms with E-state index in [1.54, 1.807) is 0 Å². The summed E-state index contributed by atoms with van der Waals surface area (Å²) in [7, 11) is 0. The van der Waals surface area contributed by atoms with Gasteiger partial charge in [-0.25, -0.2) is 0 Å². The van der Waals surface area contributed by atoms with E-state index in [4.69, 9.17) is 56.8 Å². The monoisotopic (exact) mass is 1490 g/mol. The van der Waals surface area contributed by atoms with Crippen LogP contribution in [0.15, 0.2) is 358 Å². The van der Waals surface area contributed by atoms with E-state index in [1.165, 1.54) is 0 Å². The van der Waals surface area contributed by atoms with Crippen molar-refractivity contribution in [3.8, 4) is 57.5 Å². The van der Waals surface area contributed by atoms with Crippen LogP contribution >= 0.6 is 0 Å². The zero-order chi connectivity index (χ0) is 76.2. The van der Waals surface area contributed by atoms with Crippen molar-refractivity contribution in [3.63, 3.8) is 0 Å². The summed E-state index contributed by atoms with van der Waals surface area (Å²) < 4.78 is 87.1. The predicted octanol–water partition coefficient (Wildman–Crippen LogP) is 21.5. The predicted molar refractivity (Wildman–Crippen MR) is 435 cm³/mol. The quantitative estimate of drug-likeness (QED) is 0.0419. The van der Waals surface area contributed by atoms with Gasteiger partial charge in [0.05, 0.1) is 24.3 Å². The number of ether oxygens (including phenoxy) is 12. The van der Waals surface area contributed by atoms with Crippen LogP contribution in [0, 0.1) is 0 Å². The number of rotatable bonds is 33. The summed E-state index contributed by atoms with van der Waals surface area (Å²) in [5, 5.41) is 16.3. The second-order valence-corrected chi connectivity index (χ2v) is 28.1. The first-order valence-corrected chi connectivity index (χ1v) is 38.2. The van der Waals surface area contributed by atoms with Crippen LogP contribution in [0.5, 0.6) is 57.5 Å². The molecule has 0 aliphatic carbocycles. The second-order valence-electron chi connectivity index (χ2n) is 28.1. The molecule has 0 saturated carbocycles. The fourth-order valence-electron chi connectivity index (χ4n) is 14.3. The Morgan fingerprint density at radius 1 is 0.265 bits per heavy atom. The van der Waals surface area contributed by atoms with Crippen LogP contribution in [-0.4, -0.2) is 17.3 Å². The highest BCUT2D eigenvalue weighted by atomic mass is 16.6. The fourth-order valence-corrected chi connectivity index (χ4v) is 14.3. The van der Waals surface area contributed by atoms with Crippen molar-refractivity contribution < 1.29 is 61.9 Å². The average molecular weight is 1500 g/mol. The maximum Gasteiger partial charge on any atom is 0.162 e. The normalized spacial score (nSPS) is 16.0. The Morgan fingerprint density at radius 3 is 0.956 bits per heavy atom. The lowest BCUT2D eigenvalue weighted by molar-refractivity contribution is -0.159. The highest BCUT2D eigenvalue weighted by molar-refractivity contribution is 5.69. The van der Waals surface area contributed by atoms with Crippen LogP contribution in [0.2, 0.25) is 0 Å². The van der Waals surface area contributed by atoms with Crippen molar-refractivity contribution in [2.24, 2.45) is 0 Å². The molecule has 0 bridgehead atoms. The van der Waals surface area contributed by atoms with Crippen molar-refractivity contribution in [1.82, 2.24) is 0 Å². The Bertz CT molecular complexity index is 5340. The topological polar surface area (TPSA) is 131 Å². The lowest BCUT2D eigenvalue weighted by atomic mass is 9.73. The molecule has 564 valence electrons. The molecule has 16 rings (SSSR count). The molecule has 0 spiro atoms. The van der Waals surface area contributed by atoms with Gasteiger partial charge < -0.3 is 61.9 Å². The van der Waals surface area contributed by atoms with E-state index in [0.717, 1.165) is 55.6 Å². The molecule has 13 heteroatoms. The summed E-state index contributed by atoms with van der Waals surface area (Å²) >= 11 is 0. The lowest BCUT2D eigenvalue weighted by Gasteiger charge is -2.48. The summed E-state index contributed by atoms with van der Waals surface area (Å²) in [4.78, 5) is 0. The average Bonchev–Trinajstić information content (AvgIpc) is 0.698. The number of benzene rings is 14. The molecular weight excluding hydrogens is 1410 g/mol. The molecule has 0 radical (unpaired) electrons. The number of hydrogen-bond acceptors (Lipinski definition) is 13. The molecule has 0 aromatic heterocycles. The zero-order valence-electron chi connectivity index (χ0n) is 62.5. The molecule has 14 aromatic carbocycles. The van der Waals surface area contributed by atoms with Crippen LogP contribution in [0.4, 0.5) is 0 Å². The molecule has 2 heterocycles. The highest BCUT2D eigenvalue weighted by Crippen LogP contribution is 2.61. The number of fused-ring (bicyclic) bond motifs is 2. The Balaban J connectivity index is 0.951. The van der Waals surface area contributed by atoms with Crippen LogP contribution in [0.25, 0.3) is 0 Å². The van der Waals surface area contributed by atoms with Gasteiger partial charge in [0.1, 0.15) is 99.6 Å². The summed E-state index contributed by atoms with van der Waals surface area (Å²) in [6.07, 6.45) is -4.13. The van der Waals surface area contributed by atoms with Gasteiger partial charge in [-0.1, -0.05) is 315 Å². The third-order valence-corrected chi connectivity index (χ3v) is 20.1. The zero-order valence-corrected chi connectivity index (χ0v) is 62.5. The number of hydrogen-bond donors (Lipinski definition) is 1.